The van der Waals surface area contributed by atoms with Crippen LogP contribution in [0.1, 0.15) is 23.3 Å². The molecule has 0 bridgehead atoms. The number of ketones is 1. The molecule has 0 amide bonds. The first-order valence-corrected chi connectivity index (χ1v) is 5.97. The number of aromatic nitrogens is 2. The van der Waals surface area contributed by atoms with E-state index in [1.807, 2.05) is 0 Å². The van der Waals surface area contributed by atoms with E-state index in [1.54, 1.807) is 13.1 Å². The van der Waals surface area contributed by atoms with Crippen molar-refractivity contribution >= 4 is 21.7 Å². The Balaban J connectivity index is 2.31. The van der Waals surface area contributed by atoms with E-state index in [0.717, 1.165) is 16.6 Å². The number of hydrogen-bond donors (Lipinski definition) is 0. The van der Waals surface area contributed by atoms with Crippen LogP contribution in [0.2, 0.25) is 0 Å². The van der Waals surface area contributed by atoms with E-state index < -0.39 is 23.5 Å². The summed E-state index contributed by atoms with van der Waals surface area (Å²) in [6.45, 7) is 1.60. The van der Waals surface area contributed by atoms with Crippen LogP contribution in [0.25, 0.3) is 0 Å². The van der Waals surface area contributed by atoms with Crippen molar-refractivity contribution in [3.63, 3.8) is 0 Å². The number of rotatable bonds is 3. The number of halogens is 3. The van der Waals surface area contributed by atoms with Gasteiger partial charge in [0.2, 0.25) is 0 Å². The lowest BCUT2D eigenvalue weighted by Crippen LogP contribution is -2.18. The van der Waals surface area contributed by atoms with Crippen molar-refractivity contribution < 1.29 is 13.6 Å². The summed E-state index contributed by atoms with van der Waals surface area (Å²) >= 11 is 3.21. The summed E-state index contributed by atoms with van der Waals surface area (Å²) in [7, 11) is 0. The second-order valence-corrected chi connectivity index (χ2v) is 4.72. The summed E-state index contributed by atoms with van der Waals surface area (Å²) in [6, 6.07) is 2.24. The molecule has 3 nitrogen and oxygen atoms in total. The minimum Gasteiger partial charge on any atom is -0.292 e. The zero-order chi connectivity index (χ0) is 13.3. The Morgan fingerprint density at radius 3 is 2.72 bits per heavy atom. The average Bonchev–Trinajstić information content (AvgIpc) is 2.74. The number of benzene rings is 1. The van der Waals surface area contributed by atoms with Crippen molar-refractivity contribution in [3.05, 3.63) is 52.3 Å². The molecule has 1 heterocycles. The summed E-state index contributed by atoms with van der Waals surface area (Å²) in [4.78, 5) is 12.0. The molecule has 1 aromatic heterocycles. The second kappa shape index (κ2) is 4.97. The van der Waals surface area contributed by atoms with Crippen LogP contribution < -0.4 is 0 Å². The quantitative estimate of drug-likeness (QED) is 0.814. The van der Waals surface area contributed by atoms with Gasteiger partial charge >= 0.3 is 0 Å². The molecule has 18 heavy (non-hydrogen) atoms. The maximum Gasteiger partial charge on any atom is 0.190 e. The summed E-state index contributed by atoms with van der Waals surface area (Å²) < 4.78 is 28.4. The van der Waals surface area contributed by atoms with E-state index in [4.69, 9.17) is 0 Å². The zero-order valence-corrected chi connectivity index (χ0v) is 11.0. The van der Waals surface area contributed by atoms with Crippen molar-refractivity contribution in [2.45, 2.75) is 13.0 Å². The largest absolute Gasteiger partial charge is 0.292 e. The molecule has 6 heteroatoms. The highest BCUT2D eigenvalue weighted by atomic mass is 79.9. The fourth-order valence-electron chi connectivity index (χ4n) is 1.56. The Bertz CT molecular complexity index is 598. The lowest BCUT2D eigenvalue weighted by Gasteiger charge is -2.11. The first-order chi connectivity index (χ1) is 8.49. The van der Waals surface area contributed by atoms with Crippen molar-refractivity contribution in [1.82, 2.24) is 9.78 Å². The Labute approximate surface area is 111 Å². The average molecular weight is 315 g/mol. The molecule has 0 aliphatic heterocycles. The standard InChI is InChI=1S/C12H9BrF2N2O/c1-7(17-6-8(13)5-16-17)12(18)10-3-2-9(14)4-11(10)15/h2-7H,1H3. The van der Waals surface area contributed by atoms with Gasteiger partial charge in [-0.1, -0.05) is 0 Å². The molecule has 0 saturated heterocycles. The van der Waals surface area contributed by atoms with Crippen LogP contribution in [0.15, 0.2) is 35.1 Å². The molecule has 0 radical (unpaired) electrons. The summed E-state index contributed by atoms with van der Waals surface area (Å²) in [5, 5.41) is 3.96. The van der Waals surface area contributed by atoms with E-state index in [1.165, 1.54) is 10.9 Å². The highest BCUT2D eigenvalue weighted by Crippen LogP contribution is 2.19. The number of nitrogens with zero attached hydrogens (tertiary/aromatic N) is 2. The molecule has 94 valence electrons. The van der Waals surface area contributed by atoms with Crippen LogP contribution in [0, 0.1) is 11.6 Å². The summed E-state index contributed by atoms with van der Waals surface area (Å²) in [5.74, 6) is -2.03. The third kappa shape index (κ3) is 2.48. The Morgan fingerprint density at radius 2 is 2.17 bits per heavy atom. The predicted octanol–water partition coefficient (Wildman–Crippen LogP) is 3.37. The van der Waals surface area contributed by atoms with E-state index >= 15 is 0 Å². The van der Waals surface area contributed by atoms with Crippen LogP contribution in [0.5, 0.6) is 0 Å². The van der Waals surface area contributed by atoms with Crippen LogP contribution in [0.3, 0.4) is 0 Å². The number of carbonyl (C=O) groups is 1. The van der Waals surface area contributed by atoms with E-state index in [2.05, 4.69) is 21.0 Å². The third-order valence-corrected chi connectivity index (χ3v) is 2.95. The zero-order valence-electron chi connectivity index (χ0n) is 9.40. The van der Waals surface area contributed by atoms with Gasteiger partial charge in [0.25, 0.3) is 0 Å². The van der Waals surface area contributed by atoms with E-state index in [0.29, 0.717) is 6.07 Å². The molecule has 1 unspecified atom stereocenters. The molecule has 0 aliphatic carbocycles. The fraction of sp³-hybridized carbons (Fsp3) is 0.167. The van der Waals surface area contributed by atoms with Crippen LogP contribution in [-0.2, 0) is 0 Å². The molecule has 1 aromatic carbocycles. The fourth-order valence-corrected chi connectivity index (χ4v) is 1.86. The molecule has 2 aromatic rings. The smallest absolute Gasteiger partial charge is 0.190 e. The Hall–Kier alpha value is -1.56. The Morgan fingerprint density at radius 1 is 1.44 bits per heavy atom. The number of carbonyl (C=O) groups excluding carboxylic acids is 1. The third-order valence-electron chi connectivity index (χ3n) is 2.54. The van der Waals surface area contributed by atoms with Crippen LogP contribution in [0.4, 0.5) is 8.78 Å². The van der Waals surface area contributed by atoms with Gasteiger partial charge < -0.3 is 0 Å². The van der Waals surface area contributed by atoms with Gasteiger partial charge in [0.1, 0.15) is 17.7 Å². The van der Waals surface area contributed by atoms with Gasteiger partial charge in [0.05, 0.1) is 16.2 Å². The number of Topliss-reactive ketones (excluding diaryl/α,β-unsaturated/α-hetero) is 1. The first kappa shape index (κ1) is 12.9. The van der Waals surface area contributed by atoms with Crippen LogP contribution in [-0.4, -0.2) is 15.6 Å². The summed E-state index contributed by atoms with van der Waals surface area (Å²) in [5.41, 5.74) is -0.143. The lowest BCUT2D eigenvalue weighted by atomic mass is 10.1. The first-order valence-electron chi connectivity index (χ1n) is 5.18. The maximum atomic E-state index is 13.5. The van der Waals surface area contributed by atoms with Gasteiger partial charge in [-0.25, -0.2) is 8.78 Å². The molecule has 0 spiro atoms. The molecular weight excluding hydrogens is 306 g/mol. The predicted molar refractivity (Wildman–Crippen MR) is 65.3 cm³/mol. The molecule has 1 atom stereocenters. The van der Waals surface area contributed by atoms with Crippen molar-refractivity contribution in [1.29, 1.82) is 0 Å². The van der Waals surface area contributed by atoms with Crippen LogP contribution >= 0.6 is 15.9 Å². The number of hydrogen-bond acceptors (Lipinski definition) is 2. The van der Waals surface area contributed by atoms with Gasteiger partial charge in [-0.3, -0.25) is 9.48 Å². The normalized spacial score (nSPS) is 12.4. The lowest BCUT2D eigenvalue weighted by molar-refractivity contribution is 0.0924. The van der Waals surface area contributed by atoms with E-state index in [9.17, 15) is 13.6 Å². The van der Waals surface area contributed by atoms with Crippen molar-refractivity contribution in [2.24, 2.45) is 0 Å². The molecule has 0 saturated carbocycles. The maximum absolute atomic E-state index is 13.5. The minimum absolute atomic E-state index is 0.143. The second-order valence-electron chi connectivity index (χ2n) is 3.80. The van der Waals surface area contributed by atoms with Gasteiger partial charge in [0, 0.05) is 12.3 Å². The van der Waals surface area contributed by atoms with Gasteiger partial charge in [-0.05, 0) is 35.0 Å². The SMILES string of the molecule is CC(C(=O)c1ccc(F)cc1F)n1cc(Br)cn1. The monoisotopic (exact) mass is 314 g/mol. The van der Waals surface area contributed by atoms with Gasteiger partial charge in [0.15, 0.2) is 5.78 Å². The molecule has 0 fully saturated rings. The minimum atomic E-state index is -0.863. The van der Waals surface area contributed by atoms with E-state index in [-0.39, 0.29) is 5.56 Å². The Kier molecular flexibility index (Phi) is 3.56. The molecule has 0 aliphatic rings. The molecule has 0 N–H and O–H groups in total. The highest BCUT2D eigenvalue weighted by molar-refractivity contribution is 9.10. The molecular formula is C12H9BrF2N2O. The highest BCUT2D eigenvalue weighted by Gasteiger charge is 2.21. The topological polar surface area (TPSA) is 34.9 Å². The van der Waals surface area contributed by atoms with Gasteiger partial charge in [-0.2, -0.15) is 5.10 Å². The van der Waals surface area contributed by atoms with Crippen molar-refractivity contribution in [3.8, 4) is 0 Å². The summed E-state index contributed by atoms with van der Waals surface area (Å²) in [6.07, 6.45) is 3.15. The molecule has 2 rings (SSSR count). The van der Waals surface area contributed by atoms with Gasteiger partial charge in [-0.15, -0.1) is 0 Å². The van der Waals surface area contributed by atoms with Crippen molar-refractivity contribution in [2.75, 3.05) is 0 Å².